The number of benzene rings is 3. The second kappa shape index (κ2) is 13.5. The molecule has 3 aromatic carbocycles. The molecule has 2 fully saturated rings. The Balaban J connectivity index is 1.14. The fraction of sp³-hybridized carbons (Fsp3) is 0.308. The molecule has 5 heterocycles. The molecular formula is C39H36BrF3N8O3. The highest BCUT2D eigenvalue weighted by Gasteiger charge is 2.50. The molecule has 5 aromatic rings. The van der Waals surface area contributed by atoms with Crippen LogP contribution in [0.3, 0.4) is 0 Å². The fourth-order valence-corrected chi connectivity index (χ4v) is 8.57. The van der Waals surface area contributed by atoms with E-state index in [0.717, 1.165) is 49.1 Å². The number of nitrogens with zero attached hydrogens (tertiary/aromatic N) is 7. The lowest BCUT2D eigenvalue weighted by Crippen LogP contribution is -2.71. The van der Waals surface area contributed by atoms with Crippen molar-refractivity contribution in [2.24, 2.45) is 5.41 Å². The number of aromatic nitrogens is 4. The first-order valence-corrected chi connectivity index (χ1v) is 18.3. The van der Waals surface area contributed by atoms with Crippen LogP contribution < -0.4 is 15.9 Å². The van der Waals surface area contributed by atoms with Gasteiger partial charge < -0.3 is 20.0 Å². The number of nitrogens with one attached hydrogen (secondary N) is 1. The van der Waals surface area contributed by atoms with E-state index in [-0.39, 0.29) is 41.1 Å². The van der Waals surface area contributed by atoms with Crippen LogP contribution >= 0.6 is 15.9 Å². The lowest BCUT2D eigenvalue weighted by atomic mass is 9.73. The summed E-state index contributed by atoms with van der Waals surface area (Å²) in [7, 11) is 2.11. The normalized spacial score (nSPS) is 17.9. The predicted molar refractivity (Wildman–Crippen MR) is 199 cm³/mol. The lowest BCUT2D eigenvalue weighted by molar-refractivity contribution is -0.138. The van der Waals surface area contributed by atoms with Crippen molar-refractivity contribution in [1.29, 1.82) is 0 Å². The Labute approximate surface area is 317 Å². The molecule has 0 bridgehead atoms. The summed E-state index contributed by atoms with van der Waals surface area (Å²) in [6, 6.07) is 19.5. The SMILES string of the molecule is C[C@H]1Cn2c(c(C(=O)NCc3ccccc3-c3ccncn3)n(-c3ccc(N4CC5(CN(C)C5)C4)cc3)c2=O)CN1C(=O)c1ccc(Br)c(C(F)(F)F)c1. The number of hydrogen-bond donors (Lipinski definition) is 1. The Morgan fingerprint density at radius 1 is 0.981 bits per heavy atom. The van der Waals surface area contributed by atoms with Crippen molar-refractivity contribution in [3.63, 3.8) is 0 Å². The molecule has 0 unspecified atom stereocenters. The molecule has 2 aromatic heterocycles. The maximum Gasteiger partial charge on any atom is 0.417 e. The number of hydrogen-bond acceptors (Lipinski definition) is 7. The number of amides is 2. The van der Waals surface area contributed by atoms with E-state index in [1.165, 1.54) is 32.5 Å². The molecular weight excluding hydrogens is 765 g/mol. The largest absolute Gasteiger partial charge is 0.417 e. The number of carbonyl (C=O) groups excluding carboxylic acids is 2. The standard InChI is InChI=1S/C39H36BrF3N8O3/c1-24-17-50-33(18-49(24)36(53)25-7-12-31(40)30(15-25)39(41,42)43)34(35(52)45-16-26-5-3-4-6-29(26)32-13-14-44-23-46-32)51(37(50)54)28-10-8-27(9-11-28)48-21-38(22-48)19-47(2)20-38/h3-15,23-24H,16-22H2,1-2H3,(H,45,52)/t24-/m0/s1. The van der Waals surface area contributed by atoms with Crippen molar-refractivity contribution >= 4 is 33.4 Å². The van der Waals surface area contributed by atoms with Gasteiger partial charge in [0.25, 0.3) is 11.8 Å². The Kier molecular flexibility index (Phi) is 8.96. The van der Waals surface area contributed by atoms with Crippen molar-refractivity contribution in [2.45, 2.75) is 38.8 Å². The molecule has 2 amide bonds. The first-order chi connectivity index (χ1) is 25.8. The number of alkyl halides is 3. The number of anilines is 1. The molecule has 54 heavy (non-hydrogen) atoms. The maximum absolute atomic E-state index is 14.4. The molecule has 8 rings (SSSR count). The third kappa shape index (κ3) is 6.38. The van der Waals surface area contributed by atoms with Crippen molar-refractivity contribution in [3.05, 3.63) is 128 Å². The molecule has 278 valence electrons. The van der Waals surface area contributed by atoms with Crippen molar-refractivity contribution in [3.8, 4) is 16.9 Å². The first-order valence-electron chi connectivity index (χ1n) is 17.5. The van der Waals surface area contributed by atoms with Crippen LogP contribution in [-0.4, -0.2) is 80.0 Å². The molecule has 1 N–H and O–H groups in total. The van der Waals surface area contributed by atoms with Gasteiger partial charge in [0.2, 0.25) is 0 Å². The van der Waals surface area contributed by atoms with Crippen molar-refractivity contribution in [2.75, 3.05) is 38.1 Å². The molecule has 0 saturated carbocycles. The van der Waals surface area contributed by atoms with Gasteiger partial charge in [0, 0.05) is 78.2 Å². The number of halogens is 4. The van der Waals surface area contributed by atoms with Crippen LogP contribution in [0.25, 0.3) is 16.9 Å². The predicted octanol–water partition coefficient (Wildman–Crippen LogP) is 5.60. The molecule has 0 aliphatic carbocycles. The van der Waals surface area contributed by atoms with E-state index in [0.29, 0.717) is 16.8 Å². The van der Waals surface area contributed by atoms with E-state index in [2.05, 4.69) is 48.1 Å². The maximum atomic E-state index is 14.4. The lowest BCUT2D eigenvalue weighted by Gasteiger charge is -2.60. The van der Waals surface area contributed by atoms with E-state index in [4.69, 9.17) is 0 Å². The quantitative estimate of drug-likeness (QED) is 0.228. The zero-order chi connectivity index (χ0) is 37.9. The number of rotatable bonds is 7. The highest BCUT2D eigenvalue weighted by molar-refractivity contribution is 9.10. The summed E-state index contributed by atoms with van der Waals surface area (Å²) < 4.78 is 44.0. The molecule has 1 atom stereocenters. The third-order valence-corrected chi connectivity index (χ3v) is 11.3. The van der Waals surface area contributed by atoms with Gasteiger partial charge in [-0.25, -0.2) is 14.8 Å². The number of likely N-dealkylation sites (tertiary alicyclic amines) is 1. The summed E-state index contributed by atoms with van der Waals surface area (Å²) in [5.74, 6) is -1.20. The molecule has 11 nitrogen and oxygen atoms in total. The molecule has 3 aliphatic heterocycles. The summed E-state index contributed by atoms with van der Waals surface area (Å²) in [6.45, 7) is 5.72. The van der Waals surface area contributed by atoms with Crippen LogP contribution in [0.15, 0.2) is 94.6 Å². The fourth-order valence-electron chi connectivity index (χ4n) is 8.09. The van der Waals surface area contributed by atoms with Gasteiger partial charge in [0.15, 0.2) is 0 Å². The van der Waals surface area contributed by atoms with Crippen molar-refractivity contribution in [1.82, 2.24) is 34.2 Å². The van der Waals surface area contributed by atoms with Gasteiger partial charge in [-0.15, -0.1) is 0 Å². The van der Waals surface area contributed by atoms with Gasteiger partial charge >= 0.3 is 11.9 Å². The Morgan fingerprint density at radius 3 is 2.39 bits per heavy atom. The second-order valence-electron chi connectivity index (χ2n) is 14.5. The Bertz CT molecular complexity index is 2310. The molecule has 0 radical (unpaired) electrons. The summed E-state index contributed by atoms with van der Waals surface area (Å²) in [4.78, 5) is 56.9. The molecule has 15 heteroatoms. The second-order valence-corrected chi connectivity index (χ2v) is 15.3. The number of imidazole rings is 1. The monoisotopic (exact) mass is 800 g/mol. The minimum absolute atomic E-state index is 0.0365. The van der Waals surface area contributed by atoms with Gasteiger partial charge in [-0.2, -0.15) is 13.2 Å². The summed E-state index contributed by atoms with van der Waals surface area (Å²) >= 11 is 2.94. The van der Waals surface area contributed by atoms with E-state index >= 15 is 0 Å². The van der Waals surface area contributed by atoms with Gasteiger partial charge in [-0.05, 0) is 68.1 Å². The minimum Gasteiger partial charge on any atom is -0.370 e. The van der Waals surface area contributed by atoms with Crippen molar-refractivity contribution < 1.29 is 22.8 Å². The zero-order valence-corrected chi connectivity index (χ0v) is 31.1. The van der Waals surface area contributed by atoms with E-state index in [1.807, 2.05) is 48.5 Å². The van der Waals surface area contributed by atoms with Gasteiger partial charge in [-0.1, -0.05) is 40.2 Å². The van der Waals surface area contributed by atoms with E-state index in [9.17, 15) is 27.6 Å². The van der Waals surface area contributed by atoms with Gasteiger partial charge in [-0.3, -0.25) is 18.7 Å². The summed E-state index contributed by atoms with van der Waals surface area (Å²) in [5, 5.41) is 2.99. The minimum atomic E-state index is -4.68. The third-order valence-electron chi connectivity index (χ3n) is 10.6. The van der Waals surface area contributed by atoms with Gasteiger partial charge in [0.1, 0.15) is 12.0 Å². The highest BCUT2D eigenvalue weighted by atomic mass is 79.9. The van der Waals surface area contributed by atoms with Crippen LogP contribution in [0.2, 0.25) is 0 Å². The number of fused-ring (bicyclic) bond motifs is 1. The van der Waals surface area contributed by atoms with E-state index in [1.54, 1.807) is 19.2 Å². The zero-order valence-electron chi connectivity index (χ0n) is 29.5. The van der Waals surface area contributed by atoms with E-state index < -0.39 is 35.3 Å². The number of carbonyl (C=O) groups is 2. The highest BCUT2D eigenvalue weighted by Crippen LogP contribution is 2.41. The Morgan fingerprint density at radius 2 is 1.70 bits per heavy atom. The average molecular weight is 802 g/mol. The topological polar surface area (TPSA) is 109 Å². The smallest absolute Gasteiger partial charge is 0.370 e. The van der Waals surface area contributed by atoms with Crippen LogP contribution in [0.4, 0.5) is 18.9 Å². The first kappa shape index (κ1) is 35.7. The van der Waals surface area contributed by atoms with Crippen LogP contribution in [-0.2, 0) is 25.8 Å². The van der Waals surface area contributed by atoms with Gasteiger partial charge in [0.05, 0.1) is 29.2 Å². The Hall–Kier alpha value is -5.28. The summed E-state index contributed by atoms with van der Waals surface area (Å²) in [5.41, 5.74) is 2.82. The van der Waals surface area contributed by atoms with Crippen LogP contribution in [0.5, 0.6) is 0 Å². The molecule has 1 spiro atoms. The van der Waals surface area contributed by atoms with Crippen LogP contribution in [0, 0.1) is 5.41 Å². The van der Waals surface area contributed by atoms with Crippen LogP contribution in [0.1, 0.15) is 44.6 Å². The molecule has 2 saturated heterocycles. The summed E-state index contributed by atoms with van der Waals surface area (Å²) in [6.07, 6.45) is -1.61. The average Bonchev–Trinajstić information content (AvgIpc) is 3.41. The molecule has 3 aliphatic rings.